The van der Waals surface area contributed by atoms with Crippen LogP contribution in [-0.4, -0.2) is 15.7 Å². The fraction of sp³-hybridized carbons (Fsp3) is 0.333. The van der Waals surface area contributed by atoms with E-state index in [1.807, 2.05) is 13.8 Å². The predicted octanol–water partition coefficient (Wildman–Crippen LogP) is 1.44. The zero-order valence-corrected chi connectivity index (χ0v) is 9.90. The number of nitrogens with zero attached hydrogens (tertiary/aromatic N) is 2. The van der Waals surface area contributed by atoms with E-state index >= 15 is 0 Å². The first-order valence-electron chi connectivity index (χ1n) is 5.38. The summed E-state index contributed by atoms with van der Waals surface area (Å²) in [5, 5.41) is 7.88. The van der Waals surface area contributed by atoms with E-state index in [0.717, 1.165) is 0 Å². The van der Waals surface area contributed by atoms with Crippen molar-refractivity contribution in [2.24, 2.45) is 0 Å². The van der Waals surface area contributed by atoms with Crippen molar-refractivity contribution in [3.05, 3.63) is 36.0 Å². The first kappa shape index (κ1) is 11.7. The van der Waals surface area contributed by atoms with Crippen molar-refractivity contribution in [1.82, 2.24) is 10.2 Å². The normalized spacial score (nSPS) is 11.8. The third-order valence-corrected chi connectivity index (χ3v) is 2.19. The average Bonchev–Trinajstić information content (AvgIpc) is 2.64. The highest BCUT2D eigenvalue weighted by atomic mass is 19.1. The van der Waals surface area contributed by atoms with Gasteiger partial charge in [-0.3, -0.25) is 0 Å². The summed E-state index contributed by atoms with van der Waals surface area (Å²) in [4.78, 5) is 0. The van der Waals surface area contributed by atoms with Crippen LogP contribution in [-0.2, 0) is 6.42 Å². The van der Waals surface area contributed by atoms with Crippen LogP contribution in [0.2, 0.25) is 0 Å². The van der Waals surface area contributed by atoms with E-state index in [2.05, 4.69) is 15.9 Å². The second-order valence-corrected chi connectivity index (χ2v) is 4.85. The Morgan fingerprint density at radius 1 is 1.24 bits per heavy atom. The summed E-state index contributed by atoms with van der Waals surface area (Å²) in [7, 11) is 0. The molecule has 3 N–H and O–H groups in total. The molecule has 0 aliphatic heterocycles. The maximum absolute atomic E-state index is 12.8. The summed E-state index contributed by atoms with van der Waals surface area (Å²) >= 11 is 0. The van der Waals surface area contributed by atoms with E-state index in [4.69, 9.17) is 4.42 Å². The van der Waals surface area contributed by atoms with Crippen LogP contribution in [0.25, 0.3) is 11.5 Å². The molecule has 5 heteroatoms. The van der Waals surface area contributed by atoms with Crippen molar-refractivity contribution in [1.29, 1.82) is 0 Å². The summed E-state index contributed by atoms with van der Waals surface area (Å²) in [6.07, 6.45) is 0.612. The van der Waals surface area contributed by atoms with E-state index in [9.17, 15) is 4.39 Å². The third kappa shape index (κ3) is 3.10. The zero-order valence-electron chi connectivity index (χ0n) is 9.90. The molecule has 0 amide bonds. The second kappa shape index (κ2) is 4.25. The lowest BCUT2D eigenvalue weighted by Crippen LogP contribution is -2.70. The molecule has 0 saturated carbocycles. The molecule has 1 aromatic carbocycles. The van der Waals surface area contributed by atoms with Gasteiger partial charge in [-0.05, 0) is 38.1 Å². The van der Waals surface area contributed by atoms with Gasteiger partial charge in [0.1, 0.15) is 5.82 Å². The van der Waals surface area contributed by atoms with E-state index < -0.39 is 0 Å². The van der Waals surface area contributed by atoms with E-state index in [1.165, 1.54) is 12.1 Å². The topological polar surface area (TPSA) is 66.6 Å². The number of rotatable bonds is 3. The summed E-state index contributed by atoms with van der Waals surface area (Å²) in [6.45, 7) is 3.99. The standard InChI is InChI=1S/C12H14FN3O/c1-12(2,14)7-10-15-16-11(17-10)8-3-5-9(13)6-4-8/h3-6H,7,14H2,1-2H3/p+1. The van der Waals surface area contributed by atoms with Gasteiger partial charge in [-0.2, -0.15) is 0 Å². The Balaban J connectivity index is 2.21. The highest BCUT2D eigenvalue weighted by molar-refractivity contribution is 5.51. The molecule has 0 unspecified atom stereocenters. The van der Waals surface area contributed by atoms with Crippen LogP contribution in [0, 0.1) is 5.82 Å². The Kier molecular flexibility index (Phi) is 2.93. The highest BCUT2D eigenvalue weighted by Gasteiger charge is 2.20. The second-order valence-electron chi connectivity index (χ2n) is 4.85. The number of hydrogen-bond donors (Lipinski definition) is 1. The van der Waals surface area contributed by atoms with Crippen LogP contribution in [0.5, 0.6) is 0 Å². The smallest absolute Gasteiger partial charge is 0.247 e. The zero-order chi connectivity index (χ0) is 12.5. The minimum absolute atomic E-state index is 0.146. The molecule has 1 aromatic heterocycles. The molecule has 90 valence electrons. The van der Waals surface area contributed by atoms with Crippen molar-refractivity contribution < 1.29 is 14.5 Å². The first-order valence-corrected chi connectivity index (χ1v) is 5.38. The van der Waals surface area contributed by atoms with Gasteiger partial charge >= 0.3 is 0 Å². The number of hydrogen-bond acceptors (Lipinski definition) is 3. The van der Waals surface area contributed by atoms with Gasteiger partial charge in [0, 0.05) is 5.56 Å². The minimum atomic E-state index is -0.285. The van der Waals surface area contributed by atoms with Gasteiger partial charge in [0.15, 0.2) is 0 Å². The number of quaternary nitrogens is 1. The SMILES string of the molecule is CC(C)([NH3+])Cc1nnc(-c2ccc(F)cc2)o1. The van der Waals surface area contributed by atoms with Gasteiger partial charge in [-0.25, -0.2) is 4.39 Å². The Morgan fingerprint density at radius 3 is 2.47 bits per heavy atom. The van der Waals surface area contributed by atoms with Gasteiger partial charge in [0.05, 0.1) is 12.0 Å². The van der Waals surface area contributed by atoms with Gasteiger partial charge in [0.2, 0.25) is 11.8 Å². The van der Waals surface area contributed by atoms with Gasteiger partial charge in [0.25, 0.3) is 0 Å². The fourth-order valence-electron chi connectivity index (χ4n) is 1.44. The van der Waals surface area contributed by atoms with Crippen LogP contribution < -0.4 is 5.73 Å². The quantitative estimate of drug-likeness (QED) is 0.876. The van der Waals surface area contributed by atoms with Crippen molar-refractivity contribution in [3.8, 4) is 11.5 Å². The Labute approximate surface area is 98.7 Å². The van der Waals surface area contributed by atoms with Crippen molar-refractivity contribution in [2.45, 2.75) is 25.8 Å². The molecular weight excluding hydrogens is 221 g/mol. The number of aromatic nitrogens is 2. The minimum Gasteiger partial charge on any atom is -0.420 e. The average molecular weight is 236 g/mol. The molecular formula is C12H15FN3O+. The van der Waals surface area contributed by atoms with Crippen molar-refractivity contribution >= 4 is 0 Å². The van der Waals surface area contributed by atoms with Crippen LogP contribution in [0.4, 0.5) is 4.39 Å². The monoisotopic (exact) mass is 236 g/mol. The van der Waals surface area contributed by atoms with Crippen LogP contribution in [0.3, 0.4) is 0 Å². The predicted molar refractivity (Wildman–Crippen MR) is 60.4 cm³/mol. The van der Waals surface area contributed by atoms with Crippen molar-refractivity contribution in [3.63, 3.8) is 0 Å². The molecule has 0 spiro atoms. The van der Waals surface area contributed by atoms with E-state index in [0.29, 0.717) is 23.8 Å². The van der Waals surface area contributed by atoms with Gasteiger partial charge in [-0.15, -0.1) is 10.2 Å². The van der Waals surface area contributed by atoms with Crippen LogP contribution in [0.1, 0.15) is 19.7 Å². The van der Waals surface area contributed by atoms with Gasteiger partial charge in [-0.1, -0.05) is 0 Å². The summed E-state index contributed by atoms with van der Waals surface area (Å²) in [5.74, 6) is 0.668. The maximum Gasteiger partial charge on any atom is 0.247 e. The Bertz CT molecular complexity index is 499. The van der Waals surface area contributed by atoms with Crippen LogP contribution >= 0.6 is 0 Å². The van der Waals surface area contributed by atoms with E-state index in [-0.39, 0.29) is 11.4 Å². The molecule has 0 aliphatic carbocycles. The molecule has 4 nitrogen and oxygen atoms in total. The maximum atomic E-state index is 12.8. The Morgan fingerprint density at radius 2 is 1.88 bits per heavy atom. The Hall–Kier alpha value is -1.75. The molecule has 2 aromatic rings. The number of halogens is 1. The summed E-state index contributed by atoms with van der Waals surface area (Å²) < 4.78 is 18.3. The first-order chi connectivity index (χ1) is 7.94. The molecule has 2 rings (SSSR count). The lowest BCUT2D eigenvalue weighted by Gasteiger charge is -2.10. The largest absolute Gasteiger partial charge is 0.420 e. The number of benzene rings is 1. The highest BCUT2D eigenvalue weighted by Crippen LogP contribution is 2.19. The van der Waals surface area contributed by atoms with E-state index in [1.54, 1.807) is 12.1 Å². The molecule has 0 atom stereocenters. The molecule has 0 aliphatic rings. The third-order valence-electron chi connectivity index (χ3n) is 2.19. The molecule has 0 fully saturated rings. The molecule has 1 heterocycles. The molecule has 0 bridgehead atoms. The molecule has 0 radical (unpaired) electrons. The molecule has 17 heavy (non-hydrogen) atoms. The summed E-state index contributed by atoms with van der Waals surface area (Å²) in [5.41, 5.74) is 4.55. The summed E-state index contributed by atoms with van der Waals surface area (Å²) in [6, 6.07) is 5.96. The van der Waals surface area contributed by atoms with Crippen molar-refractivity contribution in [2.75, 3.05) is 0 Å². The van der Waals surface area contributed by atoms with Gasteiger partial charge < -0.3 is 10.2 Å². The lowest BCUT2D eigenvalue weighted by atomic mass is 10.0. The lowest BCUT2D eigenvalue weighted by molar-refractivity contribution is -0.465. The van der Waals surface area contributed by atoms with Crippen LogP contribution in [0.15, 0.2) is 28.7 Å². The fourth-order valence-corrected chi connectivity index (χ4v) is 1.44. The molecule has 0 saturated heterocycles.